The van der Waals surface area contributed by atoms with Gasteiger partial charge in [0.1, 0.15) is 0 Å². The molecule has 29 heavy (non-hydrogen) atoms. The van der Waals surface area contributed by atoms with Crippen molar-refractivity contribution in [3.05, 3.63) is 82.4 Å². The molecule has 0 aromatic heterocycles. The van der Waals surface area contributed by atoms with Crippen molar-refractivity contribution < 1.29 is 0 Å². The Morgan fingerprint density at radius 2 is 1.21 bits per heavy atom. The molecule has 0 nitrogen and oxygen atoms in total. The molecular formula is C29H32. The lowest BCUT2D eigenvalue weighted by Crippen LogP contribution is -2.55. The van der Waals surface area contributed by atoms with Crippen LogP contribution in [0.4, 0.5) is 0 Å². The van der Waals surface area contributed by atoms with Crippen LogP contribution in [0.15, 0.2) is 54.6 Å². The van der Waals surface area contributed by atoms with Gasteiger partial charge in [0.15, 0.2) is 0 Å². The van der Waals surface area contributed by atoms with Gasteiger partial charge in [0.25, 0.3) is 0 Å². The van der Waals surface area contributed by atoms with Crippen molar-refractivity contribution in [3.63, 3.8) is 0 Å². The first-order valence-electron chi connectivity index (χ1n) is 11.5. The molecule has 0 heterocycles. The van der Waals surface area contributed by atoms with E-state index in [2.05, 4.69) is 75.4 Å². The Labute approximate surface area is 175 Å². The molecular weight excluding hydrogens is 348 g/mol. The Balaban J connectivity index is 1.47. The average Bonchev–Trinajstić information content (AvgIpc) is 2.68. The summed E-state index contributed by atoms with van der Waals surface area (Å²) in [5.41, 5.74) is 8.30. The van der Waals surface area contributed by atoms with E-state index in [1.165, 1.54) is 66.0 Å². The Morgan fingerprint density at radius 1 is 0.621 bits per heavy atom. The highest BCUT2D eigenvalue weighted by atomic mass is 14.6. The highest BCUT2D eigenvalue weighted by Crippen LogP contribution is 2.66. The normalized spacial score (nSPS) is 32.8. The summed E-state index contributed by atoms with van der Waals surface area (Å²) in [4.78, 5) is 0. The van der Waals surface area contributed by atoms with Crippen molar-refractivity contribution in [2.75, 3.05) is 0 Å². The van der Waals surface area contributed by atoms with Crippen molar-refractivity contribution >= 4 is 10.8 Å². The molecule has 0 radical (unpaired) electrons. The standard InChI is InChI=1S/C29H32/c1-19-4-6-25-13-27(9-7-24(25)10-19)29-16-22-12-23(17-29)15-28(14-22,18-29)26-8-5-20(2)21(3)11-26/h4-11,13,22-23H,12,14-18H2,1-3H3/t22-,23+,28?,29?. The van der Waals surface area contributed by atoms with Gasteiger partial charge in [0.2, 0.25) is 0 Å². The molecule has 0 saturated heterocycles. The molecule has 7 rings (SSSR count). The van der Waals surface area contributed by atoms with Gasteiger partial charge in [-0.05, 0) is 115 Å². The third-order valence-electron chi connectivity index (χ3n) is 8.79. The largest absolute Gasteiger partial charge is 0.0588 e. The van der Waals surface area contributed by atoms with Crippen LogP contribution in [-0.2, 0) is 10.8 Å². The maximum absolute atomic E-state index is 2.54. The molecule has 0 amide bonds. The minimum Gasteiger partial charge on any atom is -0.0588 e. The van der Waals surface area contributed by atoms with E-state index in [0.29, 0.717) is 10.8 Å². The number of fused-ring (bicyclic) bond motifs is 1. The highest BCUT2D eigenvalue weighted by molar-refractivity contribution is 5.84. The first-order valence-corrected chi connectivity index (χ1v) is 11.5. The lowest BCUT2D eigenvalue weighted by Gasteiger charge is -2.63. The SMILES string of the molecule is Cc1ccc2cc(C34C[C@@H]5C[C@@H](CC(c6ccc(C)c(C)c6)(C5)C3)C4)ccc2c1. The van der Waals surface area contributed by atoms with Gasteiger partial charge in [-0.2, -0.15) is 0 Å². The van der Waals surface area contributed by atoms with Crippen LogP contribution in [0.25, 0.3) is 10.8 Å². The maximum Gasteiger partial charge on any atom is -0.00330 e. The lowest BCUT2D eigenvalue weighted by atomic mass is 9.41. The molecule has 3 aromatic rings. The van der Waals surface area contributed by atoms with E-state index in [-0.39, 0.29) is 0 Å². The summed E-state index contributed by atoms with van der Waals surface area (Å²) in [6.45, 7) is 6.73. The van der Waals surface area contributed by atoms with Gasteiger partial charge in [-0.25, -0.2) is 0 Å². The average molecular weight is 381 g/mol. The molecule has 2 unspecified atom stereocenters. The smallest absolute Gasteiger partial charge is 0.00330 e. The van der Waals surface area contributed by atoms with Gasteiger partial charge in [0.05, 0.1) is 0 Å². The topological polar surface area (TPSA) is 0 Å². The zero-order valence-electron chi connectivity index (χ0n) is 18.1. The molecule has 4 fully saturated rings. The van der Waals surface area contributed by atoms with E-state index in [9.17, 15) is 0 Å². The second kappa shape index (κ2) is 5.97. The van der Waals surface area contributed by atoms with E-state index in [1.807, 2.05) is 0 Å². The van der Waals surface area contributed by atoms with Crippen molar-refractivity contribution in [3.8, 4) is 0 Å². The molecule has 4 bridgehead atoms. The molecule has 3 aromatic carbocycles. The predicted molar refractivity (Wildman–Crippen MR) is 123 cm³/mol. The molecule has 0 N–H and O–H groups in total. The quantitative estimate of drug-likeness (QED) is 0.430. The van der Waals surface area contributed by atoms with Gasteiger partial charge in [-0.1, -0.05) is 60.2 Å². The number of hydrogen-bond donors (Lipinski definition) is 0. The maximum atomic E-state index is 2.54. The Morgan fingerprint density at radius 3 is 1.90 bits per heavy atom. The Kier molecular flexibility index (Phi) is 3.65. The molecule has 0 aliphatic heterocycles. The third-order valence-corrected chi connectivity index (χ3v) is 8.79. The van der Waals surface area contributed by atoms with E-state index < -0.39 is 0 Å². The second-order valence-electron chi connectivity index (χ2n) is 10.9. The highest BCUT2D eigenvalue weighted by Gasteiger charge is 2.58. The first-order chi connectivity index (χ1) is 13.9. The summed E-state index contributed by atoms with van der Waals surface area (Å²) in [5.74, 6) is 1.82. The number of aryl methyl sites for hydroxylation is 3. The van der Waals surface area contributed by atoms with Crippen molar-refractivity contribution in [2.24, 2.45) is 11.8 Å². The van der Waals surface area contributed by atoms with E-state index in [4.69, 9.17) is 0 Å². The summed E-state index contributed by atoms with van der Waals surface area (Å²) in [6, 6.07) is 21.7. The van der Waals surface area contributed by atoms with Crippen molar-refractivity contribution in [1.82, 2.24) is 0 Å². The van der Waals surface area contributed by atoms with E-state index >= 15 is 0 Å². The van der Waals surface area contributed by atoms with Crippen molar-refractivity contribution in [1.29, 1.82) is 0 Å². The summed E-state index contributed by atoms with van der Waals surface area (Å²) < 4.78 is 0. The zero-order chi connectivity index (χ0) is 19.8. The zero-order valence-corrected chi connectivity index (χ0v) is 18.1. The van der Waals surface area contributed by atoms with Gasteiger partial charge >= 0.3 is 0 Å². The van der Waals surface area contributed by atoms with Crippen LogP contribution in [0.2, 0.25) is 0 Å². The number of rotatable bonds is 2. The fourth-order valence-electron chi connectivity index (χ4n) is 7.70. The Bertz CT molecular complexity index is 1100. The van der Waals surface area contributed by atoms with Gasteiger partial charge in [0, 0.05) is 0 Å². The van der Waals surface area contributed by atoms with Gasteiger partial charge in [-0.3, -0.25) is 0 Å². The second-order valence-corrected chi connectivity index (χ2v) is 10.9. The summed E-state index contributed by atoms with van der Waals surface area (Å²) >= 11 is 0. The van der Waals surface area contributed by atoms with Gasteiger partial charge < -0.3 is 0 Å². The van der Waals surface area contributed by atoms with Crippen LogP contribution < -0.4 is 0 Å². The number of hydrogen-bond acceptors (Lipinski definition) is 0. The fraction of sp³-hybridized carbons (Fsp3) is 0.448. The van der Waals surface area contributed by atoms with E-state index in [0.717, 1.165) is 11.8 Å². The van der Waals surface area contributed by atoms with Crippen LogP contribution in [-0.4, -0.2) is 0 Å². The van der Waals surface area contributed by atoms with Crippen molar-refractivity contribution in [2.45, 2.75) is 70.1 Å². The first kappa shape index (κ1) is 17.8. The third kappa shape index (κ3) is 2.64. The van der Waals surface area contributed by atoms with Crippen LogP contribution >= 0.6 is 0 Å². The molecule has 4 aliphatic carbocycles. The van der Waals surface area contributed by atoms with Gasteiger partial charge in [-0.15, -0.1) is 0 Å². The fourth-order valence-corrected chi connectivity index (χ4v) is 7.70. The lowest BCUT2D eigenvalue weighted by molar-refractivity contribution is -0.0281. The minimum atomic E-state index is 0.391. The van der Waals surface area contributed by atoms with E-state index in [1.54, 1.807) is 11.1 Å². The predicted octanol–water partition coefficient (Wildman–Crippen LogP) is 7.55. The van der Waals surface area contributed by atoms with Crippen LogP contribution in [0, 0.1) is 32.6 Å². The van der Waals surface area contributed by atoms with Crippen LogP contribution in [0.3, 0.4) is 0 Å². The van der Waals surface area contributed by atoms with Crippen LogP contribution in [0.1, 0.15) is 66.3 Å². The molecule has 4 aliphatic rings. The summed E-state index contributed by atoms with van der Waals surface area (Å²) in [7, 11) is 0. The monoisotopic (exact) mass is 380 g/mol. The molecule has 0 spiro atoms. The Hall–Kier alpha value is -2.08. The summed E-state index contributed by atoms with van der Waals surface area (Å²) in [5, 5.41) is 2.81. The molecule has 4 saturated carbocycles. The molecule has 4 atom stereocenters. The minimum absolute atomic E-state index is 0.391. The summed E-state index contributed by atoms with van der Waals surface area (Å²) in [6.07, 6.45) is 8.48. The molecule has 0 heteroatoms. The number of benzene rings is 3. The van der Waals surface area contributed by atoms with Crippen LogP contribution in [0.5, 0.6) is 0 Å². The molecule has 148 valence electrons.